The summed E-state index contributed by atoms with van der Waals surface area (Å²) < 4.78 is 27.1. The quantitative estimate of drug-likeness (QED) is 0.842. The van der Waals surface area contributed by atoms with Gasteiger partial charge in [0.05, 0.1) is 4.90 Å². The zero-order valence-electron chi connectivity index (χ0n) is 14.1. The number of nitrogens with one attached hydrogen (secondary N) is 1. The number of nitrogens with zero attached hydrogens (tertiary/aromatic N) is 2. The number of aryl methyl sites for hydroxylation is 1. The molecule has 1 aromatic carbocycles. The van der Waals surface area contributed by atoms with E-state index in [1.54, 1.807) is 18.2 Å². The van der Waals surface area contributed by atoms with Gasteiger partial charge in [0.25, 0.3) is 5.91 Å². The second-order valence-electron chi connectivity index (χ2n) is 6.25. The van der Waals surface area contributed by atoms with Crippen LogP contribution in [0.15, 0.2) is 35.2 Å². The fraction of sp³-hybridized carbons (Fsp3) is 0.412. The monoisotopic (exact) mass is 362 g/mol. The number of amides is 1. The molecule has 0 saturated carbocycles. The van der Waals surface area contributed by atoms with Gasteiger partial charge in [-0.05, 0) is 43.0 Å². The Morgan fingerprint density at radius 1 is 1.28 bits per heavy atom. The third-order valence-electron chi connectivity index (χ3n) is 4.71. The third-order valence-corrected chi connectivity index (χ3v) is 6.63. The zero-order chi connectivity index (χ0) is 18.0. The third kappa shape index (κ3) is 3.59. The van der Waals surface area contributed by atoms with Crippen LogP contribution in [-0.2, 0) is 16.4 Å². The first kappa shape index (κ1) is 17.6. The van der Waals surface area contributed by atoms with E-state index in [2.05, 4.69) is 10.2 Å². The Balaban J connectivity index is 1.68. The van der Waals surface area contributed by atoms with Gasteiger partial charge in [0.15, 0.2) is 0 Å². The van der Waals surface area contributed by atoms with E-state index in [0.717, 1.165) is 17.7 Å². The maximum Gasteiger partial charge on any atom is 0.269 e. The van der Waals surface area contributed by atoms with Gasteiger partial charge in [0, 0.05) is 24.7 Å². The molecule has 2 heterocycles. The predicted octanol–water partition coefficient (Wildman–Crippen LogP) is 1.64. The Labute approximate surface area is 147 Å². The number of carbonyl (C=O) groups is 1. The summed E-state index contributed by atoms with van der Waals surface area (Å²) in [5.74, 6) is -0.424. The number of aromatic amines is 1. The minimum Gasteiger partial charge on any atom is -0.364 e. The average Bonchev–Trinajstić information content (AvgIpc) is 3.12. The number of hydrogen-bond acceptors (Lipinski definition) is 4. The highest BCUT2D eigenvalue weighted by molar-refractivity contribution is 7.89. The van der Waals surface area contributed by atoms with Crippen molar-refractivity contribution in [2.75, 3.05) is 13.1 Å². The molecular weight excluding hydrogens is 340 g/mol. The minimum absolute atomic E-state index is 0.148. The predicted molar refractivity (Wildman–Crippen MR) is 93.7 cm³/mol. The molecule has 7 nitrogen and oxygen atoms in total. The largest absolute Gasteiger partial charge is 0.364 e. The van der Waals surface area contributed by atoms with Crippen LogP contribution in [0.5, 0.6) is 0 Å². The maximum atomic E-state index is 12.8. The van der Waals surface area contributed by atoms with E-state index in [1.807, 2.05) is 19.1 Å². The van der Waals surface area contributed by atoms with E-state index in [0.29, 0.717) is 30.8 Å². The molecule has 0 aliphatic carbocycles. The number of hydrogen-bond donors (Lipinski definition) is 2. The van der Waals surface area contributed by atoms with E-state index >= 15 is 0 Å². The van der Waals surface area contributed by atoms with E-state index in [-0.39, 0.29) is 11.6 Å². The van der Waals surface area contributed by atoms with Crippen LogP contribution < -0.4 is 5.73 Å². The summed E-state index contributed by atoms with van der Waals surface area (Å²) in [5.41, 5.74) is 7.37. The smallest absolute Gasteiger partial charge is 0.269 e. The van der Waals surface area contributed by atoms with Crippen molar-refractivity contribution in [3.8, 4) is 0 Å². The van der Waals surface area contributed by atoms with E-state index in [4.69, 9.17) is 5.73 Å². The number of carbonyl (C=O) groups excluding carboxylic acids is 1. The Bertz CT molecular complexity index is 850. The van der Waals surface area contributed by atoms with Crippen molar-refractivity contribution in [2.24, 2.45) is 5.73 Å². The van der Waals surface area contributed by atoms with Gasteiger partial charge in [-0.2, -0.15) is 9.40 Å². The topological polar surface area (TPSA) is 109 Å². The molecule has 1 saturated heterocycles. The molecule has 2 aromatic rings. The van der Waals surface area contributed by atoms with Crippen LogP contribution in [0.2, 0.25) is 0 Å². The summed E-state index contributed by atoms with van der Waals surface area (Å²) in [5, 5.41) is 6.73. The molecule has 0 spiro atoms. The molecule has 3 rings (SSSR count). The van der Waals surface area contributed by atoms with Crippen molar-refractivity contribution < 1.29 is 13.2 Å². The molecule has 1 aliphatic heterocycles. The second-order valence-corrected chi connectivity index (χ2v) is 8.19. The molecule has 0 unspecified atom stereocenters. The number of benzene rings is 1. The number of aromatic nitrogens is 2. The lowest BCUT2D eigenvalue weighted by Gasteiger charge is -2.30. The number of sulfonamides is 1. The van der Waals surface area contributed by atoms with E-state index in [9.17, 15) is 13.2 Å². The summed E-state index contributed by atoms with van der Waals surface area (Å²) in [6.45, 7) is 2.91. The fourth-order valence-corrected chi connectivity index (χ4v) is 4.60. The number of piperidine rings is 1. The first-order valence-corrected chi connectivity index (χ1v) is 9.80. The molecule has 1 aliphatic rings. The van der Waals surface area contributed by atoms with Crippen molar-refractivity contribution >= 4 is 15.9 Å². The molecule has 134 valence electrons. The van der Waals surface area contributed by atoms with Gasteiger partial charge < -0.3 is 5.73 Å². The van der Waals surface area contributed by atoms with Crippen molar-refractivity contribution in [3.05, 3.63) is 47.3 Å². The van der Waals surface area contributed by atoms with Crippen LogP contribution in [0.4, 0.5) is 0 Å². The normalized spacial score (nSPS) is 16.8. The summed E-state index contributed by atoms with van der Waals surface area (Å²) in [7, 11) is -3.47. The summed E-state index contributed by atoms with van der Waals surface area (Å²) >= 11 is 0. The van der Waals surface area contributed by atoms with Crippen LogP contribution in [-0.4, -0.2) is 41.9 Å². The average molecular weight is 362 g/mol. The molecule has 3 N–H and O–H groups in total. The van der Waals surface area contributed by atoms with Crippen LogP contribution in [0.1, 0.15) is 47.4 Å². The van der Waals surface area contributed by atoms with Gasteiger partial charge in [-0.1, -0.05) is 19.1 Å². The number of H-pyrrole nitrogens is 1. The molecule has 0 atom stereocenters. The molecule has 1 aromatic heterocycles. The summed E-state index contributed by atoms with van der Waals surface area (Å²) in [6.07, 6.45) is 2.22. The van der Waals surface area contributed by atoms with Gasteiger partial charge >= 0.3 is 0 Å². The summed E-state index contributed by atoms with van der Waals surface area (Å²) in [6, 6.07) is 8.72. The first-order chi connectivity index (χ1) is 11.9. The highest BCUT2D eigenvalue weighted by Gasteiger charge is 2.30. The van der Waals surface area contributed by atoms with Crippen LogP contribution in [0, 0.1) is 0 Å². The lowest BCUT2D eigenvalue weighted by atomic mass is 9.94. The van der Waals surface area contributed by atoms with Crippen molar-refractivity contribution in [3.63, 3.8) is 0 Å². The molecular formula is C17H22N4O3S. The van der Waals surface area contributed by atoms with Crippen molar-refractivity contribution in [2.45, 2.75) is 37.0 Å². The van der Waals surface area contributed by atoms with Crippen LogP contribution >= 0.6 is 0 Å². The highest BCUT2D eigenvalue weighted by atomic mass is 32.2. The minimum atomic E-state index is -3.47. The second kappa shape index (κ2) is 6.97. The SMILES string of the molecule is CCc1ccc(S(=O)(=O)N2CCC(c3cc(C(N)=O)n[nH]3)CC2)cc1. The molecule has 0 radical (unpaired) electrons. The Hall–Kier alpha value is -2.19. The Morgan fingerprint density at radius 2 is 1.92 bits per heavy atom. The van der Waals surface area contributed by atoms with E-state index < -0.39 is 15.9 Å². The maximum absolute atomic E-state index is 12.8. The van der Waals surface area contributed by atoms with Crippen LogP contribution in [0.3, 0.4) is 0 Å². The molecule has 1 amide bonds. The fourth-order valence-electron chi connectivity index (χ4n) is 3.13. The Kier molecular flexibility index (Phi) is 4.91. The zero-order valence-corrected chi connectivity index (χ0v) is 14.9. The van der Waals surface area contributed by atoms with Gasteiger partial charge in [-0.15, -0.1) is 0 Å². The van der Waals surface area contributed by atoms with Crippen LogP contribution in [0.25, 0.3) is 0 Å². The molecule has 8 heteroatoms. The number of nitrogens with two attached hydrogens (primary N) is 1. The van der Waals surface area contributed by atoms with Gasteiger partial charge in [0.1, 0.15) is 5.69 Å². The lowest BCUT2D eigenvalue weighted by molar-refractivity contribution is 0.0995. The first-order valence-electron chi connectivity index (χ1n) is 8.36. The molecule has 1 fully saturated rings. The van der Waals surface area contributed by atoms with Gasteiger partial charge in [0.2, 0.25) is 10.0 Å². The Morgan fingerprint density at radius 3 is 2.44 bits per heavy atom. The standard InChI is InChI=1S/C17H22N4O3S/c1-2-12-3-5-14(6-4-12)25(23,24)21-9-7-13(8-10-21)15-11-16(17(18)22)20-19-15/h3-6,11,13H,2,7-10H2,1H3,(H2,18,22)(H,19,20). The highest BCUT2D eigenvalue weighted by Crippen LogP contribution is 2.30. The van der Waals surface area contributed by atoms with Gasteiger partial charge in [-0.25, -0.2) is 8.42 Å². The van der Waals surface area contributed by atoms with Crippen molar-refractivity contribution in [1.29, 1.82) is 0 Å². The number of primary amides is 1. The molecule has 0 bridgehead atoms. The summed E-state index contributed by atoms with van der Waals surface area (Å²) in [4.78, 5) is 11.5. The number of rotatable bonds is 5. The van der Waals surface area contributed by atoms with Crippen molar-refractivity contribution in [1.82, 2.24) is 14.5 Å². The lowest BCUT2D eigenvalue weighted by Crippen LogP contribution is -2.37. The van der Waals surface area contributed by atoms with E-state index in [1.165, 1.54) is 4.31 Å². The molecule has 25 heavy (non-hydrogen) atoms. The van der Waals surface area contributed by atoms with Gasteiger partial charge in [-0.3, -0.25) is 9.89 Å².